The zero-order chi connectivity index (χ0) is 15.7. The number of piperidine rings is 1. The topological polar surface area (TPSA) is 49.9 Å². The highest BCUT2D eigenvalue weighted by atomic mass is 16.5. The van der Waals surface area contributed by atoms with Gasteiger partial charge in [-0.3, -0.25) is 4.79 Å². The predicted octanol–water partition coefficient (Wildman–Crippen LogP) is 1.98. The highest BCUT2D eigenvalue weighted by Crippen LogP contribution is 2.32. The van der Waals surface area contributed by atoms with Crippen LogP contribution in [-0.4, -0.2) is 43.0 Å². The van der Waals surface area contributed by atoms with Crippen LogP contribution in [0.15, 0.2) is 18.2 Å². The second kappa shape index (κ2) is 5.99. The Morgan fingerprint density at radius 3 is 2.77 bits per heavy atom. The number of esters is 1. The van der Waals surface area contributed by atoms with Crippen molar-refractivity contribution in [2.24, 2.45) is 5.92 Å². The van der Waals surface area contributed by atoms with Crippen molar-refractivity contribution < 1.29 is 14.3 Å². The maximum Gasteiger partial charge on any atom is 0.331 e. The average Bonchev–Trinajstić information content (AvgIpc) is 2.47. The lowest BCUT2D eigenvalue weighted by molar-refractivity contribution is -0.134. The summed E-state index contributed by atoms with van der Waals surface area (Å²) in [5, 5.41) is 0. The summed E-state index contributed by atoms with van der Waals surface area (Å²) in [5.74, 6) is 1.03. The number of benzene rings is 1. The molecule has 0 atom stereocenters. The zero-order valence-electron chi connectivity index (χ0n) is 13.2. The molecule has 118 valence electrons. The second-order valence-corrected chi connectivity index (χ2v) is 6.36. The van der Waals surface area contributed by atoms with Gasteiger partial charge in [-0.2, -0.15) is 0 Å². The Labute approximate surface area is 130 Å². The summed E-state index contributed by atoms with van der Waals surface area (Å²) in [6, 6.07) is 5.73. The number of ether oxygens (including phenoxy) is 1. The van der Waals surface area contributed by atoms with Crippen LogP contribution in [0.3, 0.4) is 0 Å². The molecule has 1 saturated heterocycles. The summed E-state index contributed by atoms with van der Waals surface area (Å²) in [7, 11) is 0. The average molecular weight is 302 g/mol. The van der Waals surface area contributed by atoms with Gasteiger partial charge in [0.05, 0.1) is 12.2 Å². The van der Waals surface area contributed by atoms with Crippen molar-refractivity contribution >= 4 is 17.6 Å². The van der Waals surface area contributed by atoms with Gasteiger partial charge in [0.15, 0.2) is 5.75 Å². The van der Waals surface area contributed by atoms with Crippen LogP contribution in [0.5, 0.6) is 5.75 Å². The molecule has 0 unspecified atom stereocenters. The molecule has 1 fully saturated rings. The number of aryl methyl sites for hydroxylation is 1. The van der Waals surface area contributed by atoms with Crippen LogP contribution >= 0.6 is 0 Å². The number of carbonyl (C=O) groups is 2. The number of carbonyl (C=O) groups excluding carboxylic acids is 2. The molecular formula is C17H22N2O3. The molecular weight excluding hydrogens is 280 g/mol. The van der Waals surface area contributed by atoms with E-state index >= 15 is 0 Å². The van der Waals surface area contributed by atoms with Crippen LogP contribution in [0.25, 0.3) is 0 Å². The molecule has 2 aliphatic heterocycles. The fourth-order valence-corrected chi connectivity index (χ4v) is 3.02. The van der Waals surface area contributed by atoms with E-state index in [9.17, 15) is 9.59 Å². The Morgan fingerprint density at radius 1 is 1.32 bits per heavy atom. The molecule has 0 N–H and O–H groups in total. The maximum atomic E-state index is 12.5. The van der Waals surface area contributed by atoms with Crippen molar-refractivity contribution in [1.82, 2.24) is 4.90 Å². The van der Waals surface area contributed by atoms with Gasteiger partial charge in [0.25, 0.3) is 0 Å². The number of fused-ring (bicyclic) bond motifs is 1. The summed E-state index contributed by atoms with van der Waals surface area (Å²) in [5.41, 5.74) is 1.86. The molecule has 1 amide bonds. The molecule has 2 heterocycles. The molecule has 0 spiro atoms. The predicted molar refractivity (Wildman–Crippen MR) is 84.0 cm³/mol. The number of hydrogen-bond acceptors (Lipinski definition) is 4. The SMILES string of the molecule is Cc1ccc2c(c1)OC(=O)CN2CC(=O)N1CCC(C)CC1. The van der Waals surface area contributed by atoms with E-state index in [0.717, 1.165) is 37.2 Å². The molecule has 5 nitrogen and oxygen atoms in total. The van der Waals surface area contributed by atoms with Crippen molar-refractivity contribution in [2.75, 3.05) is 31.1 Å². The van der Waals surface area contributed by atoms with Crippen molar-refractivity contribution in [3.63, 3.8) is 0 Å². The summed E-state index contributed by atoms with van der Waals surface area (Å²) in [6.45, 7) is 6.18. The van der Waals surface area contributed by atoms with E-state index < -0.39 is 0 Å². The third-order valence-corrected chi connectivity index (χ3v) is 4.46. The molecule has 0 aromatic heterocycles. The van der Waals surface area contributed by atoms with Gasteiger partial charge >= 0.3 is 5.97 Å². The zero-order valence-corrected chi connectivity index (χ0v) is 13.2. The van der Waals surface area contributed by atoms with E-state index in [1.807, 2.05) is 34.9 Å². The Bertz CT molecular complexity index is 592. The molecule has 0 bridgehead atoms. The Kier molecular flexibility index (Phi) is 4.05. The molecule has 22 heavy (non-hydrogen) atoms. The monoisotopic (exact) mass is 302 g/mol. The van der Waals surface area contributed by atoms with Crippen LogP contribution in [0, 0.1) is 12.8 Å². The number of amides is 1. The van der Waals surface area contributed by atoms with Crippen LogP contribution in [0.2, 0.25) is 0 Å². The standard InChI is InChI=1S/C17H22N2O3/c1-12-5-7-18(8-6-12)16(20)10-19-11-17(21)22-15-9-13(2)3-4-14(15)19/h3-4,9,12H,5-8,10-11H2,1-2H3. The maximum absolute atomic E-state index is 12.5. The number of nitrogens with zero attached hydrogens (tertiary/aromatic N) is 2. The van der Waals surface area contributed by atoms with Crippen molar-refractivity contribution in [3.8, 4) is 5.75 Å². The van der Waals surface area contributed by atoms with Crippen molar-refractivity contribution in [2.45, 2.75) is 26.7 Å². The van der Waals surface area contributed by atoms with Gasteiger partial charge in [0.2, 0.25) is 5.91 Å². The number of anilines is 1. The minimum absolute atomic E-state index is 0.0909. The van der Waals surface area contributed by atoms with Crippen LogP contribution in [0.4, 0.5) is 5.69 Å². The van der Waals surface area contributed by atoms with Gasteiger partial charge in [-0.05, 0) is 43.4 Å². The molecule has 1 aromatic rings. The Balaban J connectivity index is 1.72. The van der Waals surface area contributed by atoms with Crippen LogP contribution in [0.1, 0.15) is 25.3 Å². The van der Waals surface area contributed by atoms with Gasteiger partial charge in [0.1, 0.15) is 6.54 Å². The van der Waals surface area contributed by atoms with Gasteiger partial charge in [0, 0.05) is 13.1 Å². The fourth-order valence-electron chi connectivity index (χ4n) is 3.02. The van der Waals surface area contributed by atoms with Crippen molar-refractivity contribution in [1.29, 1.82) is 0 Å². The van der Waals surface area contributed by atoms with E-state index in [1.54, 1.807) is 0 Å². The second-order valence-electron chi connectivity index (χ2n) is 6.36. The number of likely N-dealkylation sites (tertiary alicyclic amines) is 1. The van der Waals surface area contributed by atoms with E-state index in [2.05, 4.69) is 6.92 Å². The Morgan fingerprint density at radius 2 is 2.05 bits per heavy atom. The molecule has 0 radical (unpaired) electrons. The fraction of sp³-hybridized carbons (Fsp3) is 0.529. The van der Waals surface area contributed by atoms with Gasteiger partial charge in [-0.25, -0.2) is 4.79 Å². The third-order valence-electron chi connectivity index (χ3n) is 4.46. The number of rotatable bonds is 2. The first-order valence-corrected chi connectivity index (χ1v) is 7.87. The summed E-state index contributed by atoms with van der Waals surface area (Å²) >= 11 is 0. The van der Waals surface area contributed by atoms with E-state index in [1.165, 1.54) is 0 Å². The molecule has 5 heteroatoms. The molecule has 3 rings (SSSR count). The van der Waals surface area contributed by atoms with Crippen molar-refractivity contribution in [3.05, 3.63) is 23.8 Å². The summed E-state index contributed by atoms with van der Waals surface area (Å²) in [6.07, 6.45) is 2.12. The van der Waals surface area contributed by atoms with Crippen LogP contribution < -0.4 is 9.64 Å². The quantitative estimate of drug-likeness (QED) is 0.619. The molecule has 1 aromatic carbocycles. The van der Waals surface area contributed by atoms with E-state index in [0.29, 0.717) is 11.7 Å². The first kappa shape index (κ1) is 14.9. The van der Waals surface area contributed by atoms with E-state index in [4.69, 9.17) is 4.74 Å². The first-order valence-electron chi connectivity index (χ1n) is 7.87. The highest BCUT2D eigenvalue weighted by molar-refractivity contribution is 5.89. The molecule has 2 aliphatic rings. The minimum Gasteiger partial charge on any atom is -0.423 e. The van der Waals surface area contributed by atoms with Gasteiger partial charge in [-0.1, -0.05) is 13.0 Å². The lowest BCUT2D eigenvalue weighted by Gasteiger charge is -2.34. The van der Waals surface area contributed by atoms with Crippen LogP contribution in [-0.2, 0) is 9.59 Å². The largest absolute Gasteiger partial charge is 0.423 e. The first-order chi connectivity index (χ1) is 10.5. The Hall–Kier alpha value is -2.04. The lowest BCUT2D eigenvalue weighted by atomic mass is 9.99. The third kappa shape index (κ3) is 3.08. The number of hydrogen-bond donors (Lipinski definition) is 0. The van der Waals surface area contributed by atoms with Gasteiger partial charge < -0.3 is 14.5 Å². The summed E-state index contributed by atoms with van der Waals surface area (Å²) in [4.78, 5) is 28.0. The molecule has 0 saturated carbocycles. The van der Waals surface area contributed by atoms with E-state index in [-0.39, 0.29) is 25.0 Å². The minimum atomic E-state index is -0.307. The highest BCUT2D eigenvalue weighted by Gasteiger charge is 2.28. The summed E-state index contributed by atoms with van der Waals surface area (Å²) < 4.78 is 5.28. The lowest BCUT2D eigenvalue weighted by Crippen LogP contribution is -2.47. The molecule has 0 aliphatic carbocycles. The smallest absolute Gasteiger partial charge is 0.331 e. The normalized spacial score (nSPS) is 18.9. The van der Waals surface area contributed by atoms with Gasteiger partial charge in [-0.15, -0.1) is 0 Å².